The first-order valence-corrected chi connectivity index (χ1v) is 11.1. The molecule has 4 heterocycles. The number of amides is 3. The van der Waals surface area contributed by atoms with E-state index in [0.29, 0.717) is 37.5 Å². The Kier molecular flexibility index (Phi) is 3.73. The van der Waals surface area contributed by atoms with E-state index in [1.807, 2.05) is 9.80 Å². The van der Waals surface area contributed by atoms with Crippen molar-refractivity contribution in [1.29, 1.82) is 0 Å². The minimum Gasteiger partial charge on any atom is -0.347 e. The number of alkyl halides is 3. The second-order valence-electron chi connectivity index (χ2n) is 10.6. The highest BCUT2D eigenvalue weighted by atomic mass is 19.4. The van der Waals surface area contributed by atoms with Gasteiger partial charge in [0.1, 0.15) is 0 Å². The molecule has 2 aliphatic carbocycles. The molecule has 3 saturated heterocycles. The monoisotopic (exact) mass is 437 g/mol. The number of carbonyl (C=O) groups is 2. The van der Waals surface area contributed by atoms with Crippen LogP contribution in [-0.2, 0) is 16.8 Å². The summed E-state index contributed by atoms with van der Waals surface area (Å²) in [5.74, 6) is 0.470. The van der Waals surface area contributed by atoms with Crippen molar-refractivity contribution in [2.24, 2.45) is 11.3 Å². The molecule has 1 aromatic heterocycles. The number of likely N-dealkylation sites (tertiary alicyclic amines) is 2. The third-order valence-corrected chi connectivity index (χ3v) is 8.18. The van der Waals surface area contributed by atoms with Gasteiger partial charge >= 0.3 is 12.2 Å². The van der Waals surface area contributed by atoms with Gasteiger partial charge in [0, 0.05) is 56.3 Å². The van der Waals surface area contributed by atoms with Gasteiger partial charge in [0.15, 0.2) is 0 Å². The number of nitrogens with zero attached hydrogens (tertiary/aromatic N) is 4. The topological polar surface area (TPSA) is 70.5 Å². The van der Waals surface area contributed by atoms with Crippen molar-refractivity contribution < 1.29 is 22.8 Å². The van der Waals surface area contributed by atoms with Crippen LogP contribution in [0.25, 0.3) is 0 Å². The maximum Gasteiger partial charge on any atom is 0.398 e. The zero-order valence-electron chi connectivity index (χ0n) is 17.2. The van der Waals surface area contributed by atoms with Gasteiger partial charge in [0.25, 0.3) is 0 Å². The normalized spacial score (nSPS) is 27.6. The quantitative estimate of drug-likeness (QED) is 0.789. The molecule has 31 heavy (non-hydrogen) atoms. The average Bonchev–Trinajstić information content (AvgIpc) is 3.15. The SMILES string of the molecule is O=C1CCC2(CN(C(=O)N3CC4(CC(Cn5cc(C6(C(F)(F)F)CC6)cn5)C4)C3)C2)N1. The Balaban J connectivity index is 0.971. The van der Waals surface area contributed by atoms with Crippen LogP contribution in [0.3, 0.4) is 0 Å². The van der Waals surface area contributed by atoms with Gasteiger partial charge in [-0.15, -0.1) is 0 Å². The van der Waals surface area contributed by atoms with Gasteiger partial charge in [0.2, 0.25) is 5.91 Å². The fourth-order valence-corrected chi connectivity index (χ4v) is 6.32. The molecule has 10 heteroatoms. The van der Waals surface area contributed by atoms with Crippen LogP contribution in [0.4, 0.5) is 18.0 Å². The molecule has 5 aliphatic rings. The molecule has 7 nitrogen and oxygen atoms in total. The lowest BCUT2D eigenvalue weighted by molar-refractivity contribution is -0.160. The lowest BCUT2D eigenvalue weighted by Gasteiger charge is -2.61. The minimum absolute atomic E-state index is 0.0550. The summed E-state index contributed by atoms with van der Waals surface area (Å²) in [6.07, 6.45) is 2.38. The third-order valence-electron chi connectivity index (χ3n) is 8.18. The number of urea groups is 1. The lowest BCUT2D eigenvalue weighted by atomic mass is 9.58. The van der Waals surface area contributed by atoms with Crippen LogP contribution in [0.1, 0.15) is 44.1 Å². The van der Waals surface area contributed by atoms with Crippen molar-refractivity contribution in [1.82, 2.24) is 24.9 Å². The highest BCUT2D eigenvalue weighted by molar-refractivity contribution is 5.82. The largest absolute Gasteiger partial charge is 0.398 e. The Morgan fingerprint density at radius 3 is 2.39 bits per heavy atom. The van der Waals surface area contributed by atoms with Gasteiger partial charge in [-0.1, -0.05) is 0 Å². The van der Waals surface area contributed by atoms with E-state index in [0.717, 1.165) is 32.4 Å². The molecule has 2 spiro atoms. The van der Waals surface area contributed by atoms with Crippen LogP contribution in [0.15, 0.2) is 12.4 Å². The van der Waals surface area contributed by atoms with Gasteiger partial charge in [-0.2, -0.15) is 18.3 Å². The van der Waals surface area contributed by atoms with E-state index in [-0.39, 0.29) is 35.7 Å². The summed E-state index contributed by atoms with van der Waals surface area (Å²) in [6.45, 7) is 3.34. The number of carbonyl (C=O) groups excluding carboxylic acids is 2. The van der Waals surface area contributed by atoms with Crippen LogP contribution in [0, 0.1) is 11.3 Å². The zero-order chi connectivity index (χ0) is 21.6. The molecule has 2 saturated carbocycles. The van der Waals surface area contributed by atoms with Crippen molar-refractivity contribution in [3.05, 3.63) is 18.0 Å². The van der Waals surface area contributed by atoms with Crippen molar-refractivity contribution >= 4 is 11.9 Å². The minimum atomic E-state index is -4.21. The summed E-state index contributed by atoms with van der Waals surface area (Å²) < 4.78 is 41.5. The van der Waals surface area contributed by atoms with Crippen molar-refractivity contribution in [2.45, 2.75) is 62.2 Å². The molecule has 0 bridgehead atoms. The summed E-state index contributed by atoms with van der Waals surface area (Å²) in [5.41, 5.74) is -1.40. The second-order valence-corrected chi connectivity index (χ2v) is 10.6. The summed E-state index contributed by atoms with van der Waals surface area (Å²) in [5, 5.41) is 7.19. The van der Waals surface area contributed by atoms with Crippen molar-refractivity contribution in [3.8, 4) is 0 Å². The van der Waals surface area contributed by atoms with Crippen molar-refractivity contribution in [3.63, 3.8) is 0 Å². The van der Waals surface area contributed by atoms with E-state index < -0.39 is 11.6 Å². The van der Waals surface area contributed by atoms with Crippen LogP contribution < -0.4 is 5.32 Å². The smallest absolute Gasteiger partial charge is 0.347 e. The maximum absolute atomic E-state index is 13.3. The average molecular weight is 437 g/mol. The lowest BCUT2D eigenvalue weighted by Crippen LogP contribution is -2.73. The van der Waals surface area contributed by atoms with E-state index in [9.17, 15) is 22.8 Å². The molecular weight excluding hydrogens is 411 g/mol. The molecule has 3 amide bonds. The molecule has 0 radical (unpaired) electrons. The number of aromatic nitrogens is 2. The molecule has 6 rings (SSSR count). The van der Waals surface area contributed by atoms with Crippen LogP contribution >= 0.6 is 0 Å². The van der Waals surface area contributed by atoms with E-state index in [1.54, 1.807) is 10.9 Å². The Bertz CT molecular complexity index is 933. The van der Waals surface area contributed by atoms with E-state index >= 15 is 0 Å². The van der Waals surface area contributed by atoms with E-state index in [2.05, 4.69) is 10.4 Å². The zero-order valence-corrected chi connectivity index (χ0v) is 17.2. The number of rotatable bonds is 3. The van der Waals surface area contributed by atoms with Crippen LogP contribution in [0.5, 0.6) is 0 Å². The second kappa shape index (κ2) is 5.95. The number of halogens is 3. The van der Waals surface area contributed by atoms with Gasteiger partial charge in [-0.3, -0.25) is 9.48 Å². The van der Waals surface area contributed by atoms with Gasteiger partial charge in [-0.25, -0.2) is 4.79 Å². The summed E-state index contributed by atoms with van der Waals surface area (Å²) in [7, 11) is 0. The number of nitrogens with one attached hydrogen (secondary N) is 1. The van der Waals surface area contributed by atoms with Crippen LogP contribution in [-0.4, -0.2) is 69.4 Å². The first-order valence-electron chi connectivity index (χ1n) is 11.1. The van der Waals surface area contributed by atoms with Gasteiger partial charge in [-0.05, 0) is 38.0 Å². The van der Waals surface area contributed by atoms with E-state index in [4.69, 9.17) is 0 Å². The maximum atomic E-state index is 13.3. The first-order chi connectivity index (χ1) is 14.6. The number of hydrogen-bond donors (Lipinski definition) is 1. The predicted octanol–water partition coefficient (Wildman–Crippen LogP) is 2.27. The Labute approximate surface area is 177 Å². The highest BCUT2D eigenvalue weighted by Crippen LogP contribution is 2.59. The van der Waals surface area contributed by atoms with E-state index in [1.165, 1.54) is 6.20 Å². The molecule has 3 aliphatic heterocycles. The Hall–Kier alpha value is -2.26. The Morgan fingerprint density at radius 2 is 1.81 bits per heavy atom. The fourth-order valence-electron chi connectivity index (χ4n) is 6.32. The summed E-state index contributed by atoms with van der Waals surface area (Å²) >= 11 is 0. The first kappa shape index (κ1) is 19.4. The van der Waals surface area contributed by atoms with Gasteiger partial charge < -0.3 is 15.1 Å². The fraction of sp³-hybridized carbons (Fsp3) is 0.762. The molecule has 1 N–H and O–H groups in total. The predicted molar refractivity (Wildman–Crippen MR) is 103 cm³/mol. The van der Waals surface area contributed by atoms with Gasteiger partial charge in [0.05, 0.1) is 17.2 Å². The standard InChI is InChI=1S/C21H26F3N5O2/c22-21(23,24)20(3-4-20)15-7-25-29(9-15)8-14-5-18(6-14)10-27(11-18)17(31)28-12-19(13-28)2-1-16(30)26-19/h7,9,14H,1-6,8,10-13H2,(H,26,30). The molecule has 0 unspecified atom stereocenters. The molecular formula is C21H26F3N5O2. The summed E-state index contributed by atoms with van der Waals surface area (Å²) in [4.78, 5) is 27.8. The van der Waals surface area contributed by atoms with Crippen LogP contribution in [0.2, 0.25) is 0 Å². The molecule has 0 atom stereocenters. The Morgan fingerprint density at radius 1 is 1.13 bits per heavy atom. The molecule has 5 fully saturated rings. The summed E-state index contributed by atoms with van der Waals surface area (Å²) in [6, 6.07) is 0.0550. The third kappa shape index (κ3) is 2.89. The van der Waals surface area contributed by atoms with Crippen molar-refractivity contribution in [2.75, 3.05) is 26.2 Å². The molecule has 0 aromatic carbocycles. The molecule has 168 valence electrons. The highest BCUT2D eigenvalue weighted by Gasteiger charge is 2.65. The number of hydrogen-bond acceptors (Lipinski definition) is 3. The molecule has 1 aromatic rings.